The van der Waals surface area contributed by atoms with Crippen LogP contribution in [-0.2, 0) is 16.0 Å². The van der Waals surface area contributed by atoms with Gasteiger partial charge in [0.1, 0.15) is 23.9 Å². The number of nitrogens with zero attached hydrogens (tertiary/aromatic N) is 2. The predicted molar refractivity (Wildman–Crippen MR) is 152 cm³/mol. The largest absolute Gasteiger partial charge is 0.496 e. The van der Waals surface area contributed by atoms with Crippen molar-refractivity contribution < 1.29 is 33.8 Å². The molecule has 2 aromatic heterocycles. The molecule has 10 nitrogen and oxygen atoms in total. The van der Waals surface area contributed by atoms with Crippen LogP contribution in [0.2, 0.25) is 0 Å². The van der Waals surface area contributed by atoms with Crippen LogP contribution in [0, 0.1) is 0 Å². The molecule has 212 valence electrons. The van der Waals surface area contributed by atoms with Crippen molar-refractivity contribution in [1.82, 2.24) is 14.9 Å². The van der Waals surface area contributed by atoms with Crippen molar-refractivity contribution in [2.75, 3.05) is 7.11 Å². The Kier molecular flexibility index (Phi) is 8.19. The zero-order chi connectivity index (χ0) is 28.9. The van der Waals surface area contributed by atoms with Gasteiger partial charge in [-0.2, -0.15) is 0 Å². The second kappa shape index (κ2) is 12.1. The lowest BCUT2D eigenvalue weighted by Crippen LogP contribution is -2.42. The minimum Gasteiger partial charge on any atom is -0.496 e. The van der Waals surface area contributed by atoms with Gasteiger partial charge in [-0.05, 0) is 60.9 Å². The fourth-order valence-electron chi connectivity index (χ4n) is 5.42. The molecule has 0 aliphatic heterocycles. The molecule has 5 rings (SSSR count). The topological polar surface area (TPSA) is 144 Å². The summed E-state index contributed by atoms with van der Waals surface area (Å²) in [4.78, 5) is 41.2. The third kappa shape index (κ3) is 6.16. The standard InChI is InChI=1S/C31H31N3O7/c1-40-27-11-7-19(15-20(27)9-12-28(35)36)16-25(31(38)39)33-30(37)21-8-10-26-24(17-21)32-29(22-13-14-41-18-22)34(26)23-5-3-2-4-6-23/h7-15,17-18,23,25H,2-6,16H2,1H3,(H,33,37)(H,35,36)(H,38,39). The van der Waals surface area contributed by atoms with Gasteiger partial charge < -0.3 is 29.3 Å². The summed E-state index contributed by atoms with van der Waals surface area (Å²) in [5, 5.41) is 21.5. The maximum Gasteiger partial charge on any atom is 0.328 e. The first kappa shape index (κ1) is 27.7. The molecule has 0 spiro atoms. The Morgan fingerprint density at radius 2 is 1.93 bits per heavy atom. The number of ether oxygens (including phenoxy) is 1. The van der Waals surface area contributed by atoms with Gasteiger partial charge in [-0.15, -0.1) is 0 Å². The highest BCUT2D eigenvalue weighted by molar-refractivity contribution is 5.99. The Morgan fingerprint density at radius 1 is 1.12 bits per heavy atom. The normalized spacial score (nSPS) is 14.8. The molecular formula is C31H31N3O7. The molecular weight excluding hydrogens is 526 g/mol. The average Bonchev–Trinajstić information content (AvgIpc) is 3.64. The molecule has 1 aliphatic rings. The van der Waals surface area contributed by atoms with Gasteiger partial charge in [-0.3, -0.25) is 4.79 Å². The number of carboxylic acid groups (broad SMARTS) is 2. The molecule has 1 unspecified atom stereocenters. The number of carboxylic acids is 2. The molecule has 1 atom stereocenters. The third-order valence-electron chi connectivity index (χ3n) is 7.41. The zero-order valence-corrected chi connectivity index (χ0v) is 22.6. The van der Waals surface area contributed by atoms with Gasteiger partial charge >= 0.3 is 11.9 Å². The number of nitrogens with one attached hydrogen (secondary N) is 1. The minimum absolute atomic E-state index is 0.0117. The molecule has 2 aromatic carbocycles. The minimum atomic E-state index is -1.22. The van der Waals surface area contributed by atoms with Crippen LogP contribution in [0.1, 0.15) is 59.6 Å². The van der Waals surface area contributed by atoms with Crippen LogP contribution in [0.15, 0.2) is 65.5 Å². The fraction of sp³-hybridized carbons (Fsp3) is 0.290. The number of benzene rings is 2. The predicted octanol–water partition coefficient (Wildman–Crippen LogP) is 5.33. The maximum absolute atomic E-state index is 13.2. The molecule has 0 bridgehead atoms. The number of imidazole rings is 1. The van der Waals surface area contributed by atoms with E-state index in [1.165, 1.54) is 19.6 Å². The van der Waals surface area contributed by atoms with Crippen LogP contribution in [0.25, 0.3) is 28.5 Å². The number of carbonyl (C=O) groups is 3. The highest BCUT2D eigenvalue weighted by Gasteiger charge is 2.25. The number of rotatable bonds is 10. The summed E-state index contributed by atoms with van der Waals surface area (Å²) in [5.74, 6) is -1.62. The van der Waals surface area contributed by atoms with E-state index in [9.17, 15) is 19.5 Å². The number of aliphatic carboxylic acids is 2. The summed E-state index contributed by atoms with van der Waals surface area (Å²) in [6, 6.07) is 11.2. The van der Waals surface area contributed by atoms with Crippen molar-refractivity contribution in [3.63, 3.8) is 0 Å². The summed E-state index contributed by atoms with van der Waals surface area (Å²) in [6.07, 6.45) is 11.2. The summed E-state index contributed by atoms with van der Waals surface area (Å²) in [7, 11) is 1.46. The fourth-order valence-corrected chi connectivity index (χ4v) is 5.42. The van der Waals surface area contributed by atoms with Crippen LogP contribution in [0.3, 0.4) is 0 Å². The Hall–Kier alpha value is -4.86. The number of aromatic nitrogens is 2. The van der Waals surface area contributed by atoms with E-state index < -0.39 is 23.9 Å². The smallest absolute Gasteiger partial charge is 0.328 e. The lowest BCUT2D eigenvalue weighted by Gasteiger charge is -2.25. The van der Waals surface area contributed by atoms with Crippen molar-refractivity contribution in [3.8, 4) is 17.1 Å². The van der Waals surface area contributed by atoms with E-state index in [4.69, 9.17) is 19.2 Å². The van der Waals surface area contributed by atoms with Crippen LogP contribution in [-0.4, -0.2) is 50.8 Å². The Labute approximate surface area is 236 Å². The monoisotopic (exact) mass is 557 g/mol. The molecule has 3 N–H and O–H groups in total. The summed E-state index contributed by atoms with van der Waals surface area (Å²) in [6.45, 7) is 0. The Bertz CT molecular complexity index is 1600. The van der Waals surface area contributed by atoms with E-state index >= 15 is 0 Å². The van der Waals surface area contributed by atoms with Gasteiger partial charge in [-0.1, -0.05) is 25.3 Å². The highest BCUT2D eigenvalue weighted by atomic mass is 16.5. The van der Waals surface area contributed by atoms with Crippen LogP contribution in [0.5, 0.6) is 5.75 Å². The summed E-state index contributed by atoms with van der Waals surface area (Å²) in [5.41, 5.74) is 3.80. The van der Waals surface area contributed by atoms with Gasteiger partial charge in [0.05, 0.1) is 30.0 Å². The van der Waals surface area contributed by atoms with Gasteiger partial charge in [0.2, 0.25) is 0 Å². The first-order valence-corrected chi connectivity index (χ1v) is 13.5. The van der Waals surface area contributed by atoms with E-state index in [1.54, 1.807) is 42.9 Å². The van der Waals surface area contributed by atoms with Gasteiger partial charge in [-0.25, -0.2) is 14.6 Å². The molecule has 4 aromatic rings. The number of furan rings is 1. The van der Waals surface area contributed by atoms with Gasteiger partial charge in [0.15, 0.2) is 0 Å². The van der Waals surface area contributed by atoms with Gasteiger partial charge in [0, 0.05) is 29.7 Å². The Morgan fingerprint density at radius 3 is 2.61 bits per heavy atom. The van der Waals surface area contributed by atoms with E-state index in [1.807, 2.05) is 12.1 Å². The SMILES string of the molecule is COc1ccc(CC(NC(=O)c2ccc3c(c2)nc(-c2ccoc2)n3C2CCCCC2)C(=O)O)cc1C=CC(=O)O. The van der Waals surface area contributed by atoms with Crippen molar-refractivity contribution >= 4 is 35.0 Å². The van der Waals surface area contributed by atoms with E-state index in [-0.39, 0.29) is 6.42 Å². The lowest BCUT2D eigenvalue weighted by atomic mass is 9.95. The molecule has 41 heavy (non-hydrogen) atoms. The summed E-state index contributed by atoms with van der Waals surface area (Å²) < 4.78 is 12.8. The zero-order valence-electron chi connectivity index (χ0n) is 22.6. The van der Waals surface area contributed by atoms with Crippen molar-refractivity contribution in [2.24, 2.45) is 0 Å². The number of hydrogen-bond donors (Lipinski definition) is 3. The van der Waals surface area contributed by atoms with E-state index in [0.29, 0.717) is 34.0 Å². The maximum atomic E-state index is 13.2. The van der Waals surface area contributed by atoms with E-state index in [2.05, 4.69) is 9.88 Å². The molecule has 0 saturated heterocycles. The number of fused-ring (bicyclic) bond motifs is 1. The van der Waals surface area contributed by atoms with E-state index in [0.717, 1.165) is 48.7 Å². The highest BCUT2D eigenvalue weighted by Crippen LogP contribution is 2.36. The van der Waals surface area contributed by atoms with Crippen LogP contribution >= 0.6 is 0 Å². The van der Waals surface area contributed by atoms with Crippen LogP contribution in [0.4, 0.5) is 0 Å². The lowest BCUT2D eigenvalue weighted by molar-refractivity contribution is -0.139. The molecule has 10 heteroatoms. The number of hydrogen-bond acceptors (Lipinski definition) is 6. The first-order chi connectivity index (χ1) is 19.8. The van der Waals surface area contributed by atoms with Crippen molar-refractivity contribution in [1.29, 1.82) is 0 Å². The summed E-state index contributed by atoms with van der Waals surface area (Å²) >= 11 is 0. The third-order valence-corrected chi connectivity index (χ3v) is 7.41. The quantitative estimate of drug-likeness (QED) is 0.222. The molecule has 1 saturated carbocycles. The number of carbonyl (C=O) groups excluding carboxylic acids is 1. The van der Waals surface area contributed by atoms with Crippen LogP contribution < -0.4 is 10.1 Å². The average molecular weight is 558 g/mol. The molecule has 0 radical (unpaired) electrons. The molecule has 1 fully saturated rings. The van der Waals surface area contributed by atoms with Crippen molar-refractivity contribution in [2.45, 2.75) is 50.6 Å². The second-order valence-corrected chi connectivity index (χ2v) is 10.1. The van der Waals surface area contributed by atoms with Crippen molar-refractivity contribution in [3.05, 3.63) is 77.8 Å². The number of amides is 1. The molecule has 1 amide bonds. The first-order valence-electron chi connectivity index (χ1n) is 13.5. The number of methoxy groups -OCH3 is 1. The molecule has 1 aliphatic carbocycles. The van der Waals surface area contributed by atoms with Gasteiger partial charge in [0.25, 0.3) is 5.91 Å². The Balaban J connectivity index is 1.40. The molecule has 2 heterocycles. The second-order valence-electron chi connectivity index (χ2n) is 10.1.